The zero-order valence-electron chi connectivity index (χ0n) is 16.5. The van der Waals surface area contributed by atoms with Gasteiger partial charge in [-0.3, -0.25) is 4.79 Å². The maximum atomic E-state index is 12.3. The maximum Gasteiger partial charge on any atom is 0.358 e. The summed E-state index contributed by atoms with van der Waals surface area (Å²) in [5.74, 6) is -0.135. The SMILES string of the molecule is COc1ccc(-c2nc(C(=O)OCC(=O)N(C)Cc3ccccc3C)cs2)cc1. The van der Waals surface area contributed by atoms with E-state index >= 15 is 0 Å². The van der Waals surface area contributed by atoms with E-state index in [1.807, 2.05) is 55.5 Å². The molecule has 3 aromatic rings. The second kappa shape index (κ2) is 9.34. The van der Waals surface area contributed by atoms with Gasteiger partial charge in [0.1, 0.15) is 10.8 Å². The van der Waals surface area contributed by atoms with Crippen LogP contribution in [0.2, 0.25) is 0 Å². The van der Waals surface area contributed by atoms with Gasteiger partial charge in [0.15, 0.2) is 12.3 Å². The van der Waals surface area contributed by atoms with E-state index in [2.05, 4.69) is 4.98 Å². The molecule has 0 saturated carbocycles. The average Bonchev–Trinajstić information content (AvgIpc) is 3.23. The number of aromatic nitrogens is 1. The van der Waals surface area contributed by atoms with Gasteiger partial charge in [-0.25, -0.2) is 9.78 Å². The van der Waals surface area contributed by atoms with E-state index in [-0.39, 0.29) is 18.2 Å². The average molecular weight is 410 g/mol. The molecule has 0 aliphatic carbocycles. The van der Waals surface area contributed by atoms with Crippen LogP contribution in [0.25, 0.3) is 10.6 Å². The van der Waals surface area contributed by atoms with Crippen molar-refractivity contribution in [1.29, 1.82) is 0 Å². The summed E-state index contributed by atoms with van der Waals surface area (Å²) >= 11 is 1.34. The third-order valence-corrected chi connectivity index (χ3v) is 5.36. The number of hydrogen-bond acceptors (Lipinski definition) is 6. The summed E-state index contributed by atoms with van der Waals surface area (Å²) in [6, 6.07) is 15.3. The Bertz CT molecular complexity index is 998. The highest BCUT2D eigenvalue weighted by atomic mass is 32.1. The molecule has 1 aromatic heterocycles. The van der Waals surface area contributed by atoms with E-state index < -0.39 is 5.97 Å². The quantitative estimate of drug-likeness (QED) is 0.552. The first-order chi connectivity index (χ1) is 14.0. The summed E-state index contributed by atoms with van der Waals surface area (Å²) in [6.07, 6.45) is 0. The van der Waals surface area contributed by atoms with Gasteiger partial charge in [0.25, 0.3) is 5.91 Å². The van der Waals surface area contributed by atoms with Crippen molar-refractivity contribution >= 4 is 23.2 Å². The van der Waals surface area contributed by atoms with Crippen LogP contribution in [0.3, 0.4) is 0 Å². The van der Waals surface area contributed by atoms with Crippen molar-refractivity contribution in [2.45, 2.75) is 13.5 Å². The minimum absolute atomic E-state index is 0.190. The molecule has 0 aliphatic heterocycles. The molecule has 0 saturated heterocycles. The number of nitrogens with zero attached hydrogens (tertiary/aromatic N) is 2. The molecule has 2 aromatic carbocycles. The number of benzene rings is 2. The van der Waals surface area contributed by atoms with Crippen LogP contribution in [0, 0.1) is 6.92 Å². The molecule has 6 nitrogen and oxygen atoms in total. The highest BCUT2D eigenvalue weighted by molar-refractivity contribution is 7.13. The number of carbonyl (C=O) groups excluding carboxylic acids is 2. The highest BCUT2D eigenvalue weighted by Crippen LogP contribution is 2.26. The van der Waals surface area contributed by atoms with Crippen molar-refractivity contribution in [1.82, 2.24) is 9.88 Å². The van der Waals surface area contributed by atoms with Crippen LogP contribution >= 0.6 is 11.3 Å². The molecule has 150 valence electrons. The van der Waals surface area contributed by atoms with E-state index in [1.165, 1.54) is 11.3 Å². The monoisotopic (exact) mass is 410 g/mol. The second-order valence-corrected chi connectivity index (χ2v) is 7.38. The topological polar surface area (TPSA) is 68.7 Å². The third-order valence-electron chi connectivity index (χ3n) is 4.47. The van der Waals surface area contributed by atoms with Crippen molar-refractivity contribution in [3.05, 3.63) is 70.7 Å². The van der Waals surface area contributed by atoms with E-state index in [0.29, 0.717) is 11.6 Å². The number of rotatable bonds is 7. The van der Waals surface area contributed by atoms with Gasteiger partial charge in [-0.2, -0.15) is 0 Å². The Morgan fingerprint density at radius 3 is 2.52 bits per heavy atom. The maximum absolute atomic E-state index is 12.3. The van der Waals surface area contributed by atoms with Crippen LogP contribution in [-0.4, -0.2) is 42.5 Å². The van der Waals surface area contributed by atoms with Gasteiger partial charge in [-0.1, -0.05) is 24.3 Å². The Morgan fingerprint density at radius 1 is 1.10 bits per heavy atom. The molecule has 0 spiro atoms. The highest BCUT2D eigenvalue weighted by Gasteiger charge is 2.17. The standard InChI is InChI=1S/C22H22N2O4S/c1-15-6-4-5-7-17(15)12-24(2)20(25)13-28-22(26)19-14-29-21(23-19)16-8-10-18(27-3)11-9-16/h4-11,14H,12-13H2,1-3H3. The van der Waals surface area contributed by atoms with Gasteiger partial charge in [0.2, 0.25) is 0 Å². The Labute approximate surface area is 173 Å². The second-order valence-electron chi connectivity index (χ2n) is 6.52. The number of likely N-dealkylation sites (N-methyl/N-ethyl adjacent to an activating group) is 1. The Morgan fingerprint density at radius 2 is 1.83 bits per heavy atom. The van der Waals surface area contributed by atoms with Gasteiger partial charge in [0.05, 0.1) is 7.11 Å². The van der Waals surface area contributed by atoms with Crippen LogP contribution in [0.5, 0.6) is 5.75 Å². The van der Waals surface area contributed by atoms with Gasteiger partial charge in [-0.15, -0.1) is 11.3 Å². The summed E-state index contributed by atoms with van der Waals surface area (Å²) in [6.45, 7) is 2.13. The molecule has 0 N–H and O–H groups in total. The third kappa shape index (κ3) is 5.20. The van der Waals surface area contributed by atoms with Gasteiger partial charge in [-0.05, 0) is 42.3 Å². The molecule has 0 atom stereocenters. The first-order valence-electron chi connectivity index (χ1n) is 9.03. The summed E-state index contributed by atoms with van der Waals surface area (Å²) in [4.78, 5) is 30.4. The van der Waals surface area contributed by atoms with E-state index in [9.17, 15) is 9.59 Å². The minimum atomic E-state index is -0.612. The van der Waals surface area contributed by atoms with Crippen molar-refractivity contribution in [2.24, 2.45) is 0 Å². The first kappa shape index (κ1) is 20.5. The summed E-state index contributed by atoms with van der Waals surface area (Å²) in [5.41, 5.74) is 3.23. The van der Waals surface area contributed by atoms with Crippen molar-refractivity contribution in [3.8, 4) is 16.3 Å². The van der Waals surface area contributed by atoms with Gasteiger partial charge in [0, 0.05) is 24.5 Å². The molecular formula is C22H22N2O4S. The molecule has 29 heavy (non-hydrogen) atoms. The lowest BCUT2D eigenvalue weighted by Gasteiger charge is -2.18. The Hall–Kier alpha value is -3.19. The normalized spacial score (nSPS) is 10.4. The molecular weight excluding hydrogens is 388 g/mol. The molecule has 0 aliphatic rings. The van der Waals surface area contributed by atoms with E-state index in [0.717, 1.165) is 22.4 Å². The first-order valence-corrected chi connectivity index (χ1v) is 9.91. The number of carbonyl (C=O) groups is 2. The Kier molecular flexibility index (Phi) is 6.61. The van der Waals surface area contributed by atoms with Gasteiger partial charge >= 0.3 is 5.97 Å². The number of ether oxygens (including phenoxy) is 2. The lowest BCUT2D eigenvalue weighted by atomic mass is 10.1. The van der Waals surface area contributed by atoms with Crippen molar-refractivity contribution in [3.63, 3.8) is 0 Å². The summed E-state index contributed by atoms with van der Waals surface area (Å²) in [5, 5.41) is 2.33. The summed E-state index contributed by atoms with van der Waals surface area (Å²) in [7, 11) is 3.29. The molecule has 7 heteroatoms. The minimum Gasteiger partial charge on any atom is -0.497 e. The molecule has 0 bridgehead atoms. The van der Waals surface area contributed by atoms with Crippen LogP contribution in [0.15, 0.2) is 53.9 Å². The van der Waals surface area contributed by atoms with E-state index in [1.54, 1.807) is 24.4 Å². The van der Waals surface area contributed by atoms with Crippen LogP contribution in [0.1, 0.15) is 21.6 Å². The smallest absolute Gasteiger partial charge is 0.358 e. The lowest BCUT2D eigenvalue weighted by molar-refractivity contribution is -0.133. The number of hydrogen-bond donors (Lipinski definition) is 0. The fourth-order valence-electron chi connectivity index (χ4n) is 2.68. The molecule has 0 fully saturated rings. The zero-order chi connectivity index (χ0) is 20.8. The largest absolute Gasteiger partial charge is 0.497 e. The summed E-state index contributed by atoms with van der Waals surface area (Å²) < 4.78 is 10.3. The van der Waals surface area contributed by atoms with Crippen LogP contribution in [0.4, 0.5) is 0 Å². The molecule has 3 rings (SSSR count). The van der Waals surface area contributed by atoms with Crippen molar-refractivity contribution in [2.75, 3.05) is 20.8 Å². The Balaban J connectivity index is 1.55. The predicted molar refractivity (Wildman–Crippen MR) is 112 cm³/mol. The lowest BCUT2D eigenvalue weighted by Crippen LogP contribution is -2.31. The molecule has 0 radical (unpaired) electrons. The molecule has 1 amide bonds. The molecule has 1 heterocycles. The molecule has 0 unspecified atom stereocenters. The van der Waals surface area contributed by atoms with Crippen LogP contribution < -0.4 is 4.74 Å². The van der Waals surface area contributed by atoms with Crippen LogP contribution in [-0.2, 0) is 16.1 Å². The fraction of sp³-hybridized carbons (Fsp3) is 0.227. The van der Waals surface area contributed by atoms with Crippen molar-refractivity contribution < 1.29 is 19.1 Å². The predicted octanol–water partition coefficient (Wildman–Crippen LogP) is 3.94. The zero-order valence-corrected chi connectivity index (χ0v) is 17.4. The van der Waals surface area contributed by atoms with E-state index in [4.69, 9.17) is 9.47 Å². The fourth-order valence-corrected chi connectivity index (χ4v) is 3.47. The number of methoxy groups -OCH3 is 1. The number of esters is 1. The number of thiazole rings is 1. The number of aryl methyl sites for hydroxylation is 1. The van der Waals surface area contributed by atoms with Gasteiger partial charge < -0.3 is 14.4 Å². The number of amides is 1.